The van der Waals surface area contributed by atoms with Gasteiger partial charge in [-0.15, -0.1) is 0 Å². The van der Waals surface area contributed by atoms with Crippen molar-refractivity contribution < 1.29 is 19.4 Å². The van der Waals surface area contributed by atoms with Crippen LogP contribution in [0.1, 0.15) is 105 Å². The van der Waals surface area contributed by atoms with Crippen LogP contribution < -0.4 is 0 Å². The van der Waals surface area contributed by atoms with Crippen LogP contribution in [0.3, 0.4) is 0 Å². The van der Waals surface area contributed by atoms with E-state index in [9.17, 15) is 14.7 Å². The zero-order valence-electron chi connectivity index (χ0n) is 32.4. The number of H-pyrrole nitrogens is 2. The van der Waals surface area contributed by atoms with Gasteiger partial charge >= 0.3 is 12.2 Å². The highest BCUT2D eigenvalue weighted by molar-refractivity contribution is 5.90. The van der Waals surface area contributed by atoms with Gasteiger partial charge in [-0.3, -0.25) is 9.80 Å². The molecule has 54 heavy (non-hydrogen) atoms. The van der Waals surface area contributed by atoms with Crippen molar-refractivity contribution in [3.63, 3.8) is 0 Å². The molecular formula is C44H50N6O4. The first-order valence-corrected chi connectivity index (χ1v) is 19.2. The molecule has 4 heterocycles. The molecule has 2 aliphatic heterocycles. The zero-order valence-corrected chi connectivity index (χ0v) is 32.4. The number of benzene rings is 3. The fourth-order valence-corrected chi connectivity index (χ4v) is 10.3. The molecule has 0 unspecified atom stereocenters. The second-order valence-corrected chi connectivity index (χ2v) is 18.9. The predicted octanol–water partition coefficient (Wildman–Crippen LogP) is 10.4. The third kappa shape index (κ3) is 5.27. The standard InChI is InChI=1S/C44H50N6O4/c1-40(2,3)44-24-43(44,8)20-34(50(44)38(51)52)37-46-22-31(47-37)26-11-9-25(10-12-26)27-13-14-29-18-30(16-15-28(29)17-27)32-23-45-36(48-32)33-19-42(7)21-35(42)49(33)39(53)54-41(4,5)6/h9-18,22-23,33-35H,19-21,24H2,1-8H3,(H,45,48)(H,46,47)(H,51,52)/t33-,34-,35-,42+,43-,44-/m0/s1. The Labute approximate surface area is 316 Å². The number of nitrogens with one attached hydrogen (secondary N) is 2. The van der Waals surface area contributed by atoms with Crippen LogP contribution in [0.15, 0.2) is 73.1 Å². The summed E-state index contributed by atoms with van der Waals surface area (Å²) in [5.41, 5.74) is 4.84. The van der Waals surface area contributed by atoms with Gasteiger partial charge in [0.2, 0.25) is 0 Å². The largest absolute Gasteiger partial charge is 0.465 e. The third-order valence-corrected chi connectivity index (χ3v) is 13.0. The maximum atomic E-state index is 13.2. The summed E-state index contributed by atoms with van der Waals surface area (Å²) >= 11 is 0. The maximum absolute atomic E-state index is 13.2. The predicted molar refractivity (Wildman–Crippen MR) is 209 cm³/mol. The van der Waals surface area contributed by atoms with E-state index in [-0.39, 0.29) is 46.0 Å². The molecule has 2 aromatic heterocycles. The van der Waals surface area contributed by atoms with E-state index in [0.29, 0.717) is 5.82 Å². The fourth-order valence-electron chi connectivity index (χ4n) is 10.3. The van der Waals surface area contributed by atoms with Gasteiger partial charge in [-0.05, 0) is 96.7 Å². The highest BCUT2D eigenvalue weighted by atomic mass is 16.6. The zero-order chi connectivity index (χ0) is 38.2. The molecule has 2 amide bonds. The van der Waals surface area contributed by atoms with Crippen LogP contribution in [0.25, 0.3) is 44.4 Å². The normalized spacial score (nSPS) is 28.6. The number of ether oxygens (including phenoxy) is 1. The number of amides is 2. The van der Waals surface area contributed by atoms with Gasteiger partial charge in [0.1, 0.15) is 17.2 Å². The van der Waals surface area contributed by atoms with Crippen LogP contribution in [0.4, 0.5) is 9.59 Å². The summed E-state index contributed by atoms with van der Waals surface area (Å²) in [6, 6.07) is 21.1. The average molecular weight is 727 g/mol. The number of aromatic nitrogens is 4. The van der Waals surface area contributed by atoms with E-state index in [1.54, 1.807) is 4.90 Å². The van der Waals surface area contributed by atoms with Gasteiger partial charge in [-0.1, -0.05) is 83.1 Å². The molecule has 5 aromatic rings. The van der Waals surface area contributed by atoms with Crippen molar-refractivity contribution in [2.75, 3.05) is 0 Å². The number of likely N-dealkylation sites (tertiary alicyclic amines) is 2. The molecule has 2 saturated carbocycles. The first-order valence-electron chi connectivity index (χ1n) is 19.2. The van der Waals surface area contributed by atoms with Gasteiger partial charge in [-0.25, -0.2) is 19.6 Å². The van der Waals surface area contributed by atoms with Crippen molar-refractivity contribution in [2.45, 2.75) is 110 Å². The molecule has 10 nitrogen and oxygen atoms in total. The number of nitrogens with zero attached hydrogens (tertiary/aromatic N) is 4. The molecule has 6 atom stereocenters. The van der Waals surface area contributed by atoms with Crippen molar-refractivity contribution >= 4 is 23.0 Å². The van der Waals surface area contributed by atoms with Crippen LogP contribution in [0, 0.1) is 16.2 Å². The summed E-state index contributed by atoms with van der Waals surface area (Å²) in [7, 11) is 0. The van der Waals surface area contributed by atoms with E-state index >= 15 is 0 Å². The Hall–Kier alpha value is -5.12. The first-order chi connectivity index (χ1) is 25.4. The molecule has 3 N–H and O–H groups in total. The van der Waals surface area contributed by atoms with Gasteiger partial charge in [0.15, 0.2) is 0 Å². The molecule has 10 heteroatoms. The van der Waals surface area contributed by atoms with Crippen LogP contribution in [0.5, 0.6) is 0 Å². The number of fused-ring (bicyclic) bond motifs is 3. The molecule has 0 spiro atoms. The average Bonchev–Trinajstić information content (AvgIpc) is 3.54. The number of hydrogen-bond acceptors (Lipinski definition) is 5. The molecule has 0 bridgehead atoms. The summed E-state index contributed by atoms with van der Waals surface area (Å²) in [5.74, 6) is 1.51. The van der Waals surface area contributed by atoms with Crippen LogP contribution >= 0.6 is 0 Å². The molecule has 4 aliphatic rings. The Kier molecular flexibility index (Phi) is 7.19. The number of hydrogen-bond donors (Lipinski definition) is 3. The Morgan fingerprint density at radius 3 is 1.93 bits per heavy atom. The van der Waals surface area contributed by atoms with Gasteiger partial charge < -0.3 is 19.8 Å². The van der Waals surface area contributed by atoms with E-state index in [1.807, 2.05) is 38.1 Å². The highest BCUT2D eigenvalue weighted by Gasteiger charge is 2.79. The van der Waals surface area contributed by atoms with E-state index in [1.165, 1.54) is 0 Å². The Balaban J connectivity index is 0.911. The number of rotatable bonds is 5. The lowest BCUT2D eigenvalue weighted by Gasteiger charge is -2.40. The van der Waals surface area contributed by atoms with E-state index in [4.69, 9.17) is 14.7 Å². The maximum Gasteiger partial charge on any atom is 0.411 e. The summed E-state index contributed by atoms with van der Waals surface area (Å²) in [4.78, 5) is 46.1. The lowest BCUT2D eigenvalue weighted by atomic mass is 9.79. The monoisotopic (exact) mass is 726 g/mol. The van der Waals surface area contributed by atoms with Gasteiger partial charge in [0.05, 0.1) is 29.0 Å². The molecule has 2 saturated heterocycles. The van der Waals surface area contributed by atoms with Crippen LogP contribution in [-0.4, -0.2) is 64.2 Å². The lowest BCUT2D eigenvalue weighted by Crippen LogP contribution is -2.49. The van der Waals surface area contributed by atoms with E-state index in [2.05, 4.69) is 105 Å². The van der Waals surface area contributed by atoms with Gasteiger partial charge in [0.25, 0.3) is 0 Å². The second kappa shape index (κ2) is 11.2. The van der Waals surface area contributed by atoms with Crippen molar-refractivity contribution in [1.29, 1.82) is 0 Å². The summed E-state index contributed by atoms with van der Waals surface area (Å²) < 4.78 is 5.79. The van der Waals surface area contributed by atoms with Crippen molar-refractivity contribution in [2.24, 2.45) is 16.2 Å². The number of aromatic amines is 2. The number of carboxylic acid groups (broad SMARTS) is 1. The minimum absolute atomic E-state index is 0.0477. The molecule has 4 fully saturated rings. The number of carbonyl (C=O) groups is 2. The molecule has 0 radical (unpaired) electrons. The molecule has 3 aromatic carbocycles. The molecule has 2 aliphatic carbocycles. The second-order valence-electron chi connectivity index (χ2n) is 18.9. The topological polar surface area (TPSA) is 127 Å². The van der Waals surface area contributed by atoms with Gasteiger partial charge in [0, 0.05) is 29.6 Å². The van der Waals surface area contributed by atoms with E-state index in [0.717, 1.165) is 75.9 Å². The Morgan fingerprint density at radius 2 is 1.31 bits per heavy atom. The molecule has 280 valence electrons. The summed E-state index contributed by atoms with van der Waals surface area (Å²) in [6.45, 7) is 16.6. The number of imidazole rings is 2. The SMILES string of the molecule is CC(C)(C)OC(=O)N1[C@H]2C[C@@]2(C)C[C@H]1c1nc(-c2ccc3cc(-c4ccc(-c5c[nH]c([C@@H]6C[C@@]7(C)C[C@@]7(C(C)(C)C)N6C(=O)O)n5)cc4)ccc3c2)c[nH]1. The highest BCUT2D eigenvalue weighted by Crippen LogP contribution is 2.76. The lowest BCUT2D eigenvalue weighted by molar-refractivity contribution is 0.0174. The van der Waals surface area contributed by atoms with Crippen molar-refractivity contribution in [3.05, 3.63) is 84.7 Å². The van der Waals surface area contributed by atoms with E-state index < -0.39 is 11.7 Å². The quantitative estimate of drug-likeness (QED) is 0.165. The van der Waals surface area contributed by atoms with Crippen LogP contribution in [-0.2, 0) is 4.74 Å². The third-order valence-electron chi connectivity index (χ3n) is 13.0. The number of carbonyl (C=O) groups excluding carboxylic acids is 1. The molecule has 9 rings (SSSR count). The Morgan fingerprint density at radius 1 is 0.759 bits per heavy atom. The van der Waals surface area contributed by atoms with Crippen LogP contribution in [0.2, 0.25) is 0 Å². The fraction of sp³-hybridized carbons (Fsp3) is 0.455. The van der Waals surface area contributed by atoms with Crippen molar-refractivity contribution in [1.82, 2.24) is 29.7 Å². The molecular weight excluding hydrogens is 677 g/mol. The summed E-state index contributed by atoms with van der Waals surface area (Å²) in [5, 5.41) is 12.6. The van der Waals surface area contributed by atoms with Crippen molar-refractivity contribution in [3.8, 4) is 33.6 Å². The Bertz CT molecular complexity index is 2330. The first kappa shape index (κ1) is 34.6. The smallest absolute Gasteiger partial charge is 0.411 e. The van der Waals surface area contributed by atoms with Gasteiger partial charge in [-0.2, -0.15) is 0 Å². The minimum atomic E-state index is -0.876. The number of piperidine rings is 2. The minimum Gasteiger partial charge on any atom is -0.465 e. The summed E-state index contributed by atoms with van der Waals surface area (Å²) in [6.07, 6.45) is 6.22.